The average Bonchev–Trinajstić information content (AvgIpc) is 2.99. The zero-order chi connectivity index (χ0) is 12.4. The normalized spacial score (nSPS) is 17.9. The van der Waals surface area contributed by atoms with E-state index in [2.05, 4.69) is 49.4 Å². The van der Waals surface area contributed by atoms with Crippen molar-refractivity contribution in [1.82, 2.24) is 15.3 Å². The first-order valence-electron chi connectivity index (χ1n) is 6.32. The minimum atomic E-state index is 0.510. The minimum Gasteiger partial charge on any atom is -0.348 e. The number of nitrogens with zero attached hydrogens (tertiary/aromatic N) is 1. The zero-order valence-electron chi connectivity index (χ0n) is 10.1. The third-order valence-electron chi connectivity index (χ3n) is 3.52. The van der Waals surface area contributed by atoms with E-state index in [-0.39, 0.29) is 0 Å². The molecule has 0 aliphatic heterocycles. The Labute approximate surface area is 115 Å². The number of aryl methyl sites for hydroxylation is 1. The van der Waals surface area contributed by atoms with E-state index in [0.717, 1.165) is 13.0 Å². The van der Waals surface area contributed by atoms with Crippen LogP contribution in [0.4, 0.5) is 0 Å². The molecule has 1 atom stereocenters. The summed E-state index contributed by atoms with van der Waals surface area (Å²) < 4.78 is 1.18. The molecule has 2 N–H and O–H groups in total. The van der Waals surface area contributed by atoms with Gasteiger partial charge in [0.15, 0.2) is 0 Å². The van der Waals surface area contributed by atoms with Crippen LogP contribution in [0.3, 0.4) is 0 Å². The lowest BCUT2D eigenvalue weighted by Gasteiger charge is -2.13. The van der Waals surface area contributed by atoms with Gasteiger partial charge in [-0.05, 0) is 36.1 Å². The summed E-state index contributed by atoms with van der Waals surface area (Å²) >= 11 is 3.53. The maximum Gasteiger partial charge on any atom is 0.0921 e. The second-order valence-corrected chi connectivity index (χ2v) is 5.63. The summed E-state index contributed by atoms with van der Waals surface area (Å²) in [6.45, 7) is 0.988. The lowest BCUT2D eigenvalue weighted by Crippen LogP contribution is -2.21. The number of benzene rings is 1. The SMILES string of the molecule is Brc1ccc2c(c1)CCC2NCCc1cnc[nH]1. The lowest BCUT2D eigenvalue weighted by atomic mass is 10.1. The Morgan fingerprint density at radius 3 is 3.22 bits per heavy atom. The number of rotatable bonds is 4. The molecule has 3 nitrogen and oxygen atoms in total. The summed E-state index contributed by atoms with van der Waals surface area (Å²) in [7, 11) is 0. The van der Waals surface area contributed by atoms with E-state index < -0.39 is 0 Å². The van der Waals surface area contributed by atoms with E-state index in [9.17, 15) is 0 Å². The molecular weight excluding hydrogens is 290 g/mol. The quantitative estimate of drug-likeness (QED) is 0.911. The summed E-state index contributed by atoms with van der Waals surface area (Å²) in [5, 5.41) is 3.63. The van der Waals surface area contributed by atoms with Crippen LogP contribution in [0.1, 0.15) is 29.3 Å². The Hall–Kier alpha value is -1.13. The zero-order valence-corrected chi connectivity index (χ0v) is 11.7. The van der Waals surface area contributed by atoms with E-state index in [4.69, 9.17) is 0 Å². The summed E-state index contributed by atoms with van der Waals surface area (Å²) in [5.74, 6) is 0. The van der Waals surface area contributed by atoms with Gasteiger partial charge in [-0.1, -0.05) is 22.0 Å². The van der Waals surface area contributed by atoms with Crippen molar-refractivity contribution in [3.8, 4) is 0 Å². The molecule has 0 saturated carbocycles. The first-order valence-corrected chi connectivity index (χ1v) is 7.11. The Bertz CT molecular complexity index is 522. The summed E-state index contributed by atoms with van der Waals surface area (Å²) in [4.78, 5) is 7.16. The van der Waals surface area contributed by atoms with Gasteiger partial charge in [-0.3, -0.25) is 0 Å². The van der Waals surface area contributed by atoms with Crippen molar-refractivity contribution >= 4 is 15.9 Å². The number of fused-ring (bicyclic) bond motifs is 1. The molecule has 4 heteroatoms. The number of imidazole rings is 1. The Morgan fingerprint density at radius 2 is 2.39 bits per heavy atom. The number of aromatic nitrogens is 2. The fourth-order valence-corrected chi connectivity index (χ4v) is 3.01. The van der Waals surface area contributed by atoms with Gasteiger partial charge < -0.3 is 10.3 Å². The second kappa shape index (κ2) is 5.24. The summed E-state index contributed by atoms with van der Waals surface area (Å²) in [5.41, 5.74) is 4.13. The van der Waals surface area contributed by atoms with Gasteiger partial charge in [0, 0.05) is 35.4 Å². The van der Waals surface area contributed by atoms with E-state index >= 15 is 0 Å². The molecule has 0 saturated heterocycles. The second-order valence-electron chi connectivity index (χ2n) is 4.72. The highest BCUT2D eigenvalue weighted by Gasteiger charge is 2.21. The summed E-state index contributed by atoms with van der Waals surface area (Å²) in [6, 6.07) is 7.12. The van der Waals surface area contributed by atoms with Crippen LogP contribution in [0.2, 0.25) is 0 Å². The highest BCUT2D eigenvalue weighted by molar-refractivity contribution is 9.10. The fourth-order valence-electron chi connectivity index (χ4n) is 2.60. The maximum atomic E-state index is 4.03. The predicted octanol–water partition coefficient (Wildman–Crippen LogP) is 2.99. The smallest absolute Gasteiger partial charge is 0.0921 e. The molecule has 18 heavy (non-hydrogen) atoms. The van der Waals surface area contributed by atoms with Crippen LogP contribution < -0.4 is 5.32 Å². The number of halogens is 1. The minimum absolute atomic E-state index is 0.510. The lowest BCUT2D eigenvalue weighted by molar-refractivity contribution is 0.532. The van der Waals surface area contributed by atoms with E-state index in [1.807, 2.05) is 6.20 Å². The molecule has 1 aromatic carbocycles. The molecule has 3 rings (SSSR count). The fraction of sp³-hybridized carbons (Fsp3) is 0.357. The highest BCUT2D eigenvalue weighted by atomic mass is 79.9. The topological polar surface area (TPSA) is 40.7 Å². The predicted molar refractivity (Wildman–Crippen MR) is 75.5 cm³/mol. The molecule has 0 amide bonds. The van der Waals surface area contributed by atoms with Gasteiger partial charge in [-0.25, -0.2) is 4.98 Å². The largest absolute Gasteiger partial charge is 0.348 e. The molecule has 94 valence electrons. The van der Waals surface area contributed by atoms with Crippen LogP contribution in [0.5, 0.6) is 0 Å². The molecule has 1 unspecified atom stereocenters. The van der Waals surface area contributed by atoms with Crippen molar-refractivity contribution in [3.05, 3.63) is 52.0 Å². The van der Waals surface area contributed by atoms with Crippen molar-refractivity contribution in [2.24, 2.45) is 0 Å². The number of hydrogen-bond donors (Lipinski definition) is 2. The van der Waals surface area contributed by atoms with Gasteiger partial charge in [0.1, 0.15) is 0 Å². The van der Waals surface area contributed by atoms with Gasteiger partial charge in [-0.15, -0.1) is 0 Å². The Morgan fingerprint density at radius 1 is 1.44 bits per heavy atom. The monoisotopic (exact) mass is 305 g/mol. The molecule has 0 radical (unpaired) electrons. The number of nitrogens with one attached hydrogen (secondary N) is 2. The molecule has 0 spiro atoms. The van der Waals surface area contributed by atoms with Gasteiger partial charge in [-0.2, -0.15) is 0 Å². The molecule has 0 fully saturated rings. The average molecular weight is 306 g/mol. The van der Waals surface area contributed by atoms with Crippen LogP contribution >= 0.6 is 15.9 Å². The van der Waals surface area contributed by atoms with Crippen LogP contribution in [-0.2, 0) is 12.8 Å². The molecule has 0 bridgehead atoms. The van der Waals surface area contributed by atoms with Crippen molar-refractivity contribution in [2.45, 2.75) is 25.3 Å². The van der Waals surface area contributed by atoms with Gasteiger partial charge >= 0.3 is 0 Å². The van der Waals surface area contributed by atoms with Gasteiger partial charge in [0.25, 0.3) is 0 Å². The van der Waals surface area contributed by atoms with Crippen molar-refractivity contribution < 1.29 is 0 Å². The van der Waals surface area contributed by atoms with E-state index in [1.54, 1.807) is 6.33 Å². The first-order chi connectivity index (χ1) is 8.83. The van der Waals surface area contributed by atoms with Crippen molar-refractivity contribution in [3.63, 3.8) is 0 Å². The molecular formula is C14H16BrN3. The molecule has 1 heterocycles. The molecule has 1 aliphatic carbocycles. The highest BCUT2D eigenvalue weighted by Crippen LogP contribution is 2.32. The van der Waals surface area contributed by atoms with E-state index in [1.165, 1.54) is 34.1 Å². The number of H-pyrrole nitrogens is 1. The number of hydrogen-bond acceptors (Lipinski definition) is 2. The Kier molecular flexibility index (Phi) is 3.48. The standard InChI is InChI=1S/C14H16BrN3/c15-11-2-3-13-10(7-11)1-4-14(13)17-6-5-12-8-16-9-18-12/h2-3,7-9,14,17H,1,4-6H2,(H,16,18). The third-order valence-corrected chi connectivity index (χ3v) is 4.02. The molecule has 1 aliphatic rings. The van der Waals surface area contributed by atoms with Crippen LogP contribution in [0, 0.1) is 0 Å². The van der Waals surface area contributed by atoms with Crippen LogP contribution in [-0.4, -0.2) is 16.5 Å². The first kappa shape index (κ1) is 11.9. The van der Waals surface area contributed by atoms with Crippen LogP contribution in [0.15, 0.2) is 35.2 Å². The third kappa shape index (κ3) is 2.49. The van der Waals surface area contributed by atoms with Gasteiger partial charge in [0.2, 0.25) is 0 Å². The van der Waals surface area contributed by atoms with Crippen LogP contribution in [0.25, 0.3) is 0 Å². The summed E-state index contributed by atoms with van der Waals surface area (Å²) in [6.07, 6.45) is 7.01. The van der Waals surface area contributed by atoms with E-state index in [0.29, 0.717) is 6.04 Å². The maximum absolute atomic E-state index is 4.03. The van der Waals surface area contributed by atoms with Crippen molar-refractivity contribution in [2.75, 3.05) is 6.54 Å². The number of aromatic amines is 1. The molecule has 1 aromatic heterocycles. The van der Waals surface area contributed by atoms with Crippen molar-refractivity contribution in [1.29, 1.82) is 0 Å². The Balaban J connectivity index is 1.59. The van der Waals surface area contributed by atoms with Gasteiger partial charge in [0.05, 0.1) is 6.33 Å². The molecule has 2 aromatic rings.